The van der Waals surface area contributed by atoms with Crippen molar-refractivity contribution in [2.24, 2.45) is 0 Å². The zero-order valence-electron chi connectivity index (χ0n) is 15.4. The number of carbonyl (C=O) groups excluding carboxylic acids is 2. The van der Waals surface area contributed by atoms with Gasteiger partial charge in [0, 0.05) is 12.8 Å². The molecule has 0 bridgehead atoms. The molecule has 0 radical (unpaired) electrons. The van der Waals surface area contributed by atoms with Crippen molar-refractivity contribution in [3.8, 4) is 11.1 Å². The Kier molecular flexibility index (Phi) is 6.49. The van der Waals surface area contributed by atoms with Gasteiger partial charge in [0.25, 0.3) is 0 Å². The second-order valence-corrected chi connectivity index (χ2v) is 5.93. The number of aromatic carboxylic acids is 2. The molecule has 0 saturated heterocycles. The quantitative estimate of drug-likeness (QED) is 0.578. The predicted octanol–water partition coefficient (Wildman–Crippen LogP) is 3.45. The van der Waals surface area contributed by atoms with Gasteiger partial charge in [0.1, 0.15) is 0 Å². The van der Waals surface area contributed by atoms with E-state index in [9.17, 15) is 29.4 Å². The van der Waals surface area contributed by atoms with E-state index in [0.717, 1.165) is 0 Å². The van der Waals surface area contributed by atoms with Crippen LogP contribution in [0.5, 0.6) is 0 Å². The van der Waals surface area contributed by atoms with E-state index in [4.69, 9.17) is 0 Å². The molecular formula is C20H20N2O6. The highest BCUT2D eigenvalue weighted by atomic mass is 16.4. The van der Waals surface area contributed by atoms with E-state index < -0.39 is 11.9 Å². The minimum atomic E-state index is -1.22. The number of hydrogen-bond acceptors (Lipinski definition) is 4. The maximum atomic E-state index is 11.6. The van der Waals surface area contributed by atoms with Crippen LogP contribution in [0.1, 0.15) is 47.4 Å². The van der Waals surface area contributed by atoms with Crippen LogP contribution in [0.15, 0.2) is 36.4 Å². The molecule has 0 aromatic heterocycles. The lowest BCUT2D eigenvalue weighted by atomic mass is 9.99. The second-order valence-electron chi connectivity index (χ2n) is 5.93. The third kappa shape index (κ3) is 4.73. The Bertz CT molecular complexity index is 874. The topological polar surface area (TPSA) is 133 Å². The molecule has 0 saturated carbocycles. The fraction of sp³-hybridized carbons (Fsp3) is 0.200. The van der Waals surface area contributed by atoms with Gasteiger partial charge in [-0.15, -0.1) is 0 Å². The van der Waals surface area contributed by atoms with Crippen LogP contribution in [0.25, 0.3) is 11.1 Å². The van der Waals surface area contributed by atoms with E-state index in [0.29, 0.717) is 11.1 Å². The first kappa shape index (κ1) is 20.6. The molecule has 0 aliphatic carbocycles. The Morgan fingerprint density at radius 1 is 0.714 bits per heavy atom. The first-order valence-corrected chi connectivity index (χ1v) is 8.61. The van der Waals surface area contributed by atoms with Crippen LogP contribution in [-0.4, -0.2) is 34.0 Å². The standard InChI is InChI=1S/C20H20N2O6/c1-3-17(23)21-15-7-5-11(9-13(15)19(25)26)12-6-8-16(22-18(24)4-2)14(10-12)20(27)28/h5-10H,3-4H2,1-2H3,(H,21,23)(H,22,24)(H,25,26)(H,27,28). The van der Waals surface area contributed by atoms with Crippen LogP contribution >= 0.6 is 0 Å². The van der Waals surface area contributed by atoms with Gasteiger partial charge in [0.05, 0.1) is 22.5 Å². The third-order valence-corrected chi connectivity index (χ3v) is 4.02. The lowest BCUT2D eigenvalue weighted by Crippen LogP contribution is -2.14. The first-order chi connectivity index (χ1) is 13.3. The van der Waals surface area contributed by atoms with Crippen molar-refractivity contribution < 1.29 is 29.4 Å². The molecule has 4 N–H and O–H groups in total. The average molecular weight is 384 g/mol. The van der Waals surface area contributed by atoms with Crippen LogP contribution in [0, 0.1) is 0 Å². The molecule has 0 fully saturated rings. The summed E-state index contributed by atoms with van der Waals surface area (Å²) in [6.07, 6.45) is 0.404. The van der Waals surface area contributed by atoms with Gasteiger partial charge >= 0.3 is 11.9 Å². The second kappa shape index (κ2) is 8.81. The number of amides is 2. The summed E-state index contributed by atoms with van der Waals surface area (Å²) in [5.41, 5.74) is 1.02. The molecule has 0 atom stereocenters. The normalized spacial score (nSPS) is 10.2. The smallest absolute Gasteiger partial charge is 0.337 e. The summed E-state index contributed by atoms with van der Waals surface area (Å²) < 4.78 is 0. The fourth-order valence-corrected chi connectivity index (χ4v) is 2.50. The highest BCUT2D eigenvalue weighted by Crippen LogP contribution is 2.29. The Hall–Kier alpha value is -3.68. The summed E-state index contributed by atoms with van der Waals surface area (Å²) in [4.78, 5) is 46.3. The molecule has 2 rings (SSSR count). The molecule has 0 spiro atoms. The largest absolute Gasteiger partial charge is 0.478 e. The van der Waals surface area contributed by atoms with Crippen LogP contribution in [-0.2, 0) is 9.59 Å². The SMILES string of the molecule is CCC(=O)Nc1ccc(-c2ccc(NC(=O)CC)c(C(=O)O)c2)cc1C(=O)O. The number of carboxylic acid groups (broad SMARTS) is 2. The molecule has 8 nitrogen and oxygen atoms in total. The zero-order chi connectivity index (χ0) is 20.8. The fourth-order valence-electron chi connectivity index (χ4n) is 2.50. The zero-order valence-corrected chi connectivity index (χ0v) is 15.4. The lowest BCUT2D eigenvalue weighted by molar-refractivity contribution is -0.116. The van der Waals surface area contributed by atoms with Gasteiger partial charge in [-0.2, -0.15) is 0 Å². The van der Waals surface area contributed by atoms with E-state index in [-0.39, 0.29) is 47.2 Å². The van der Waals surface area contributed by atoms with Crippen LogP contribution in [0.2, 0.25) is 0 Å². The van der Waals surface area contributed by atoms with Crippen LogP contribution in [0.3, 0.4) is 0 Å². The highest BCUT2D eigenvalue weighted by Gasteiger charge is 2.16. The molecular weight excluding hydrogens is 364 g/mol. The summed E-state index contributed by atoms with van der Waals surface area (Å²) in [6.45, 7) is 3.30. The van der Waals surface area contributed by atoms with E-state index in [1.54, 1.807) is 26.0 Å². The number of carboxylic acids is 2. The first-order valence-electron chi connectivity index (χ1n) is 8.61. The molecule has 0 unspecified atom stereocenters. The summed E-state index contributed by atoms with van der Waals surface area (Å²) in [7, 11) is 0. The predicted molar refractivity (Wildman–Crippen MR) is 104 cm³/mol. The number of carbonyl (C=O) groups is 4. The van der Waals surface area contributed by atoms with Crippen molar-refractivity contribution in [3.05, 3.63) is 47.5 Å². The number of anilines is 2. The molecule has 146 valence electrons. The molecule has 2 amide bonds. The van der Waals surface area contributed by atoms with Crippen molar-refractivity contribution in [2.45, 2.75) is 26.7 Å². The van der Waals surface area contributed by atoms with Gasteiger partial charge in [0.2, 0.25) is 11.8 Å². The molecule has 2 aromatic rings. The summed E-state index contributed by atoms with van der Waals surface area (Å²) in [6, 6.07) is 8.81. The Morgan fingerprint density at radius 2 is 1.07 bits per heavy atom. The third-order valence-electron chi connectivity index (χ3n) is 4.02. The van der Waals surface area contributed by atoms with Gasteiger partial charge in [-0.25, -0.2) is 9.59 Å². The Labute approximate surface area is 161 Å². The van der Waals surface area contributed by atoms with Gasteiger partial charge in [-0.1, -0.05) is 26.0 Å². The van der Waals surface area contributed by atoms with E-state index in [1.165, 1.54) is 24.3 Å². The lowest BCUT2D eigenvalue weighted by Gasteiger charge is -2.12. The van der Waals surface area contributed by atoms with Gasteiger partial charge < -0.3 is 20.8 Å². The van der Waals surface area contributed by atoms with Crippen molar-refractivity contribution in [2.75, 3.05) is 10.6 Å². The molecule has 28 heavy (non-hydrogen) atoms. The number of benzene rings is 2. The molecule has 0 aliphatic heterocycles. The maximum Gasteiger partial charge on any atom is 0.337 e. The minimum Gasteiger partial charge on any atom is -0.478 e. The van der Waals surface area contributed by atoms with Gasteiger partial charge in [-0.3, -0.25) is 9.59 Å². The summed E-state index contributed by atoms with van der Waals surface area (Å²) in [5, 5.41) is 23.9. The highest BCUT2D eigenvalue weighted by molar-refractivity contribution is 6.03. The summed E-state index contributed by atoms with van der Waals surface area (Å²) >= 11 is 0. The monoisotopic (exact) mass is 384 g/mol. The Balaban J connectivity index is 2.49. The van der Waals surface area contributed by atoms with Crippen LogP contribution in [0.4, 0.5) is 11.4 Å². The molecule has 0 heterocycles. The van der Waals surface area contributed by atoms with E-state index >= 15 is 0 Å². The average Bonchev–Trinajstić information content (AvgIpc) is 2.67. The molecule has 8 heteroatoms. The minimum absolute atomic E-state index is 0.112. The van der Waals surface area contributed by atoms with E-state index in [2.05, 4.69) is 10.6 Å². The van der Waals surface area contributed by atoms with Crippen molar-refractivity contribution in [1.29, 1.82) is 0 Å². The van der Waals surface area contributed by atoms with Gasteiger partial charge in [-0.05, 0) is 35.4 Å². The molecule has 0 aliphatic rings. The van der Waals surface area contributed by atoms with Crippen molar-refractivity contribution in [1.82, 2.24) is 0 Å². The number of nitrogens with one attached hydrogen (secondary N) is 2. The number of hydrogen-bond donors (Lipinski definition) is 4. The number of rotatable bonds is 7. The maximum absolute atomic E-state index is 11.6. The van der Waals surface area contributed by atoms with Crippen molar-refractivity contribution in [3.63, 3.8) is 0 Å². The van der Waals surface area contributed by atoms with Crippen LogP contribution < -0.4 is 10.6 Å². The molecule has 2 aromatic carbocycles. The van der Waals surface area contributed by atoms with Gasteiger partial charge in [0.15, 0.2) is 0 Å². The van der Waals surface area contributed by atoms with E-state index in [1.807, 2.05) is 0 Å². The summed E-state index contributed by atoms with van der Waals surface area (Å²) in [5.74, 6) is -3.09. The Morgan fingerprint density at radius 3 is 1.36 bits per heavy atom. The van der Waals surface area contributed by atoms with Crippen molar-refractivity contribution >= 4 is 35.1 Å².